The molecule has 0 fully saturated rings. The molecule has 0 heterocycles. The van der Waals surface area contributed by atoms with Gasteiger partial charge in [0.25, 0.3) is 0 Å². The van der Waals surface area contributed by atoms with E-state index >= 15 is 0 Å². The molecule has 21 heavy (non-hydrogen) atoms. The zero-order valence-corrected chi connectivity index (χ0v) is 14.2. The molecule has 0 aromatic carbocycles. The predicted octanol–water partition coefficient (Wildman–Crippen LogP) is 4.26. The fourth-order valence-electron chi connectivity index (χ4n) is 1.97. The van der Waals surface area contributed by atoms with Gasteiger partial charge in [-0.2, -0.15) is 0 Å². The Hall–Kier alpha value is -1.06. The third-order valence-electron chi connectivity index (χ3n) is 3.16. The number of hydrogen-bond acceptors (Lipinski definition) is 4. The summed E-state index contributed by atoms with van der Waals surface area (Å²) in [7, 11) is 0. The molecule has 0 saturated carbocycles. The maximum absolute atomic E-state index is 11.6. The summed E-state index contributed by atoms with van der Waals surface area (Å²) in [5.41, 5.74) is 0. The second kappa shape index (κ2) is 12.7. The topological polar surface area (TPSA) is 52.6 Å². The molecule has 4 nitrogen and oxygen atoms in total. The quantitative estimate of drug-likeness (QED) is 0.307. The van der Waals surface area contributed by atoms with Crippen LogP contribution in [0, 0.1) is 5.92 Å². The molecule has 1 atom stereocenters. The molecule has 0 radical (unpaired) electrons. The van der Waals surface area contributed by atoms with E-state index in [-0.39, 0.29) is 18.4 Å². The molecule has 0 N–H and O–H groups in total. The molecular formula is C17H32O4. The smallest absolute Gasteiger partial charge is 0.317 e. The highest BCUT2D eigenvalue weighted by atomic mass is 16.6. The van der Waals surface area contributed by atoms with E-state index in [2.05, 4.69) is 6.92 Å². The number of carbonyl (C=O) groups is 2. The Morgan fingerprint density at radius 3 is 2.14 bits per heavy atom. The van der Waals surface area contributed by atoms with Crippen molar-refractivity contribution >= 4 is 11.9 Å². The van der Waals surface area contributed by atoms with Gasteiger partial charge in [0.15, 0.2) is 0 Å². The van der Waals surface area contributed by atoms with Crippen LogP contribution in [0.3, 0.4) is 0 Å². The fourth-order valence-corrected chi connectivity index (χ4v) is 1.97. The minimum absolute atomic E-state index is 0.124. The van der Waals surface area contributed by atoms with E-state index in [4.69, 9.17) is 9.47 Å². The van der Waals surface area contributed by atoms with Gasteiger partial charge in [0, 0.05) is 0 Å². The highest BCUT2D eigenvalue weighted by Gasteiger charge is 2.15. The van der Waals surface area contributed by atoms with E-state index in [1.807, 2.05) is 20.8 Å². The Balaban J connectivity index is 3.62. The van der Waals surface area contributed by atoms with Crippen molar-refractivity contribution in [3.63, 3.8) is 0 Å². The van der Waals surface area contributed by atoms with Crippen molar-refractivity contribution in [3.8, 4) is 0 Å². The van der Waals surface area contributed by atoms with Crippen LogP contribution in [-0.4, -0.2) is 24.6 Å². The largest absolute Gasteiger partial charge is 0.465 e. The standard InChI is InChI=1S/C17H32O4/c1-5-6-7-8-9-10-11-15(4)21-17(19)12-16(18)20-13-14(2)3/h14-15H,5-13H2,1-4H3. The molecule has 0 saturated heterocycles. The normalized spacial score (nSPS) is 12.2. The zero-order valence-electron chi connectivity index (χ0n) is 14.2. The van der Waals surface area contributed by atoms with Crippen molar-refractivity contribution in [3.05, 3.63) is 0 Å². The molecule has 4 heteroatoms. The fraction of sp³-hybridized carbons (Fsp3) is 0.882. The Morgan fingerprint density at radius 1 is 0.905 bits per heavy atom. The van der Waals surface area contributed by atoms with Gasteiger partial charge in [0.1, 0.15) is 6.42 Å². The Labute approximate surface area is 129 Å². The van der Waals surface area contributed by atoms with Gasteiger partial charge >= 0.3 is 11.9 Å². The van der Waals surface area contributed by atoms with Gasteiger partial charge < -0.3 is 9.47 Å². The lowest BCUT2D eigenvalue weighted by Gasteiger charge is -2.13. The Bertz CT molecular complexity index is 287. The molecule has 0 spiro atoms. The first-order valence-electron chi connectivity index (χ1n) is 8.30. The maximum Gasteiger partial charge on any atom is 0.317 e. The summed E-state index contributed by atoms with van der Waals surface area (Å²) in [6.07, 6.45) is 7.77. The van der Waals surface area contributed by atoms with E-state index < -0.39 is 11.9 Å². The number of rotatable bonds is 12. The van der Waals surface area contributed by atoms with Crippen LogP contribution in [0.4, 0.5) is 0 Å². The third kappa shape index (κ3) is 13.7. The van der Waals surface area contributed by atoms with Crippen LogP contribution >= 0.6 is 0 Å². The van der Waals surface area contributed by atoms with Gasteiger partial charge in [0.05, 0.1) is 12.7 Å². The summed E-state index contributed by atoms with van der Waals surface area (Å²) in [5.74, 6) is -0.709. The van der Waals surface area contributed by atoms with Crippen LogP contribution in [0.2, 0.25) is 0 Å². The van der Waals surface area contributed by atoms with Gasteiger partial charge in [-0.25, -0.2) is 0 Å². The molecule has 0 aromatic rings. The molecule has 0 amide bonds. The lowest BCUT2D eigenvalue weighted by molar-refractivity contribution is -0.157. The van der Waals surface area contributed by atoms with Gasteiger partial charge in [-0.05, 0) is 25.7 Å². The Kier molecular flexibility index (Phi) is 12.0. The lowest BCUT2D eigenvalue weighted by atomic mass is 10.1. The summed E-state index contributed by atoms with van der Waals surface area (Å²) >= 11 is 0. The second-order valence-electron chi connectivity index (χ2n) is 6.11. The number of esters is 2. The van der Waals surface area contributed by atoms with Crippen molar-refractivity contribution in [2.45, 2.75) is 85.2 Å². The zero-order chi connectivity index (χ0) is 16.1. The van der Waals surface area contributed by atoms with Crippen molar-refractivity contribution in [1.82, 2.24) is 0 Å². The van der Waals surface area contributed by atoms with Crippen molar-refractivity contribution < 1.29 is 19.1 Å². The van der Waals surface area contributed by atoms with Crippen LogP contribution in [0.1, 0.15) is 79.1 Å². The van der Waals surface area contributed by atoms with Crippen LogP contribution in [0.5, 0.6) is 0 Å². The SMILES string of the molecule is CCCCCCCCC(C)OC(=O)CC(=O)OCC(C)C. The molecule has 0 rings (SSSR count). The first-order valence-corrected chi connectivity index (χ1v) is 8.30. The summed E-state index contributed by atoms with van der Waals surface area (Å²) in [6, 6.07) is 0. The third-order valence-corrected chi connectivity index (χ3v) is 3.16. The minimum atomic E-state index is -0.500. The van der Waals surface area contributed by atoms with Crippen LogP contribution in [0.25, 0.3) is 0 Å². The van der Waals surface area contributed by atoms with Crippen LogP contribution in [-0.2, 0) is 19.1 Å². The minimum Gasteiger partial charge on any atom is -0.465 e. The monoisotopic (exact) mass is 300 g/mol. The van der Waals surface area contributed by atoms with Crippen molar-refractivity contribution in [2.75, 3.05) is 6.61 Å². The summed E-state index contributed by atoms with van der Waals surface area (Å²) in [6.45, 7) is 8.33. The average molecular weight is 300 g/mol. The highest BCUT2D eigenvalue weighted by Crippen LogP contribution is 2.10. The lowest BCUT2D eigenvalue weighted by Crippen LogP contribution is -2.20. The second-order valence-corrected chi connectivity index (χ2v) is 6.11. The molecule has 1 unspecified atom stereocenters. The molecule has 0 bridgehead atoms. The van der Waals surface area contributed by atoms with E-state index in [9.17, 15) is 9.59 Å². The van der Waals surface area contributed by atoms with Gasteiger partial charge in [-0.15, -0.1) is 0 Å². The number of hydrogen-bond donors (Lipinski definition) is 0. The van der Waals surface area contributed by atoms with Gasteiger partial charge in [-0.3, -0.25) is 9.59 Å². The highest BCUT2D eigenvalue weighted by molar-refractivity contribution is 5.91. The predicted molar refractivity (Wildman–Crippen MR) is 84.0 cm³/mol. The Morgan fingerprint density at radius 2 is 1.52 bits per heavy atom. The van der Waals surface area contributed by atoms with Crippen molar-refractivity contribution in [1.29, 1.82) is 0 Å². The van der Waals surface area contributed by atoms with E-state index in [1.54, 1.807) is 0 Å². The van der Waals surface area contributed by atoms with E-state index in [0.717, 1.165) is 12.8 Å². The van der Waals surface area contributed by atoms with Gasteiger partial charge in [0.2, 0.25) is 0 Å². The molecular weight excluding hydrogens is 268 g/mol. The number of unbranched alkanes of at least 4 members (excludes halogenated alkanes) is 5. The molecule has 124 valence electrons. The van der Waals surface area contributed by atoms with Crippen LogP contribution in [0.15, 0.2) is 0 Å². The first kappa shape index (κ1) is 19.9. The summed E-state index contributed by atoms with van der Waals surface area (Å²) in [4.78, 5) is 22.9. The molecule has 0 aliphatic rings. The van der Waals surface area contributed by atoms with Crippen LogP contribution < -0.4 is 0 Å². The number of ether oxygens (including phenoxy) is 2. The summed E-state index contributed by atoms with van der Waals surface area (Å²) < 4.78 is 10.2. The maximum atomic E-state index is 11.6. The average Bonchev–Trinajstić information content (AvgIpc) is 2.40. The molecule has 0 aromatic heterocycles. The van der Waals surface area contributed by atoms with E-state index in [0.29, 0.717) is 6.61 Å². The first-order chi connectivity index (χ1) is 9.95. The summed E-state index contributed by atoms with van der Waals surface area (Å²) in [5, 5.41) is 0. The van der Waals surface area contributed by atoms with Gasteiger partial charge in [-0.1, -0.05) is 52.9 Å². The van der Waals surface area contributed by atoms with E-state index in [1.165, 1.54) is 32.1 Å². The molecule has 0 aliphatic heterocycles. The number of carbonyl (C=O) groups excluding carboxylic acids is 2. The van der Waals surface area contributed by atoms with Crippen molar-refractivity contribution in [2.24, 2.45) is 5.92 Å². The molecule has 0 aliphatic carbocycles.